The molecule has 1 saturated heterocycles. The van der Waals surface area contributed by atoms with Crippen molar-refractivity contribution in [3.8, 4) is 0 Å². The number of ether oxygens (including phenoxy) is 1. The third kappa shape index (κ3) is 2.91. The number of sulfonamides is 1. The monoisotopic (exact) mass is 322 g/mol. The summed E-state index contributed by atoms with van der Waals surface area (Å²) in [6.45, 7) is 2.46. The van der Waals surface area contributed by atoms with E-state index in [1.165, 1.54) is 0 Å². The Labute approximate surface area is 119 Å². The molecule has 4 N–H and O–H groups in total. The van der Waals surface area contributed by atoms with Crippen LogP contribution in [-0.4, -0.2) is 32.1 Å². The van der Waals surface area contributed by atoms with Crippen LogP contribution >= 0.6 is 11.3 Å². The van der Waals surface area contributed by atoms with E-state index in [-0.39, 0.29) is 21.5 Å². The first-order valence-corrected chi connectivity index (χ1v) is 7.94. The molecule has 0 spiro atoms. The van der Waals surface area contributed by atoms with Crippen LogP contribution in [0.2, 0.25) is 0 Å². The molecule has 1 aliphatic rings. The largest absolute Gasteiger partial charge is 0.379 e. The number of hydrogen-bond acceptors (Lipinski definition) is 8. The van der Waals surface area contributed by atoms with Crippen molar-refractivity contribution in [2.45, 2.75) is 23.1 Å². The van der Waals surface area contributed by atoms with E-state index < -0.39 is 20.5 Å². The van der Waals surface area contributed by atoms with Crippen LogP contribution in [0.15, 0.2) is 10.3 Å². The van der Waals surface area contributed by atoms with Gasteiger partial charge in [0.2, 0.25) is 0 Å². The van der Waals surface area contributed by atoms with Gasteiger partial charge in [0.05, 0.1) is 17.1 Å². The molecule has 2 rings (SSSR count). The molecule has 11 heteroatoms. The highest BCUT2D eigenvalue weighted by Gasteiger charge is 2.36. The highest BCUT2D eigenvalue weighted by molar-refractivity contribution is 7.91. The quantitative estimate of drug-likeness (QED) is 0.405. The number of hydrogen-bond donors (Lipinski definition) is 3. The van der Waals surface area contributed by atoms with Crippen LogP contribution < -0.4 is 16.0 Å². The zero-order valence-corrected chi connectivity index (χ0v) is 12.2. The topological polar surface area (TPSA) is 137 Å². The molecule has 0 saturated carbocycles. The van der Waals surface area contributed by atoms with Gasteiger partial charge in [0.25, 0.3) is 10.0 Å². The van der Waals surface area contributed by atoms with Gasteiger partial charge in [0, 0.05) is 12.7 Å². The van der Waals surface area contributed by atoms with Crippen molar-refractivity contribution in [1.29, 1.82) is 0 Å². The molecule has 0 amide bonds. The number of anilines is 1. The molecule has 9 nitrogen and oxygen atoms in total. The first kappa shape index (κ1) is 15.1. The van der Waals surface area contributed by atoms with Gasteiger partial charge in [-0.1, -0.05) is 11.3 Å². The summed E-state index contributed by atoms with van der Waals surface area (Å²) in [6, 6.07) is 0.987. The van der Waals surface area contributed by atoms with Crippen LogP contribution in [-0.2, 0) is 14.8 Å². The number of nitro groups is 1. The van der Waals surface area contributed by atoms with Gasteiger partial charge in [-0.25, -0.2) is 19.0 Å². The zero-order chi connectivity index (χ0) is 15.0. The summed E-state index contributed by atoms with van der Waals surface area (Å²) < 4.78 is 32.0. The molecule has 1 fully saturated rings. The molecular weight excluding hydrogens is 308 g/mol. The van der Waals surface area contributed by atoms with Gasteiger partial charge in [-0.05, 0) is 13.3 Å². The van der Waals surface area contributed by atoms with Gasteiger partial charge in [-0.2, -0.15) is 0 Å². The molecule has 1 aromatic heterocycles. The van der Waals surface area contributed by atoms with Crippen LogP contribution in [0, 0.1) is 10.1 Å². The highest BCUT2D eigenvalue weighted by Crippen LogP contribution is 2.36. The summed E-state index contributed by atoms with van der Waals surface area (Å²) in [5, 5.41) is 10.8. The van der Waals surface area contributed by atoms with Crippen LogP contribution in [0.25, 0.3) is 0 Å². The molecular formula is C9H14N4O5S2. The summed E-state index contributed by atoms with van der Waals surface area (Å²) in [5.41, 5.74) is 1.06. The van der Waals surface area contributed by atoms with Gasteiger partial charge in [-0.15, -0.1) is 0 Å². The number of nitrogen functional groups attached to an aromatic ring is 1. The van der Waals surface area contributed by atoms with E-state index in [1.54, 1.807) is 6.92 Å². The Kier molecular flexibility index (Phi) is 3.97. The fourth-order valence-electron chi connectivity index (χ4n) is 1.85. The number of nitrogens with zero attached hydrogens (tertiary/aromatic N) is 1. The Morgan fingerprint density at radius 2 is 2.30 bits per heavy atom. The Bertz CT molecular complexity index is 620. The summed E-state index contributed by atoms with van der Waals surface area (Å²) in [5.74, 6) is 5.16. The van der Waals surface area contributed by atoms with Gasteiger partial charge < -0.3 is 10.2 Å². The number of nitrogens with one attached hydrogen (secondary N) is 2. The highest BCUT2D eigenvalue weighted by atomic mass is 32.2. The number of rotatable bonds is 5. The normalized spacial score (nSPS) is 22.9. The smallest absolute Gasteiger partial charge is 0.306 e. The Morgan fingerprint density at radius 3 is 2.75 bits per heavy atom. The fourth-order valence-corrected chi connectivity index (χ4v) is 4.51. The predicted octanol–water partition coefficient (Wildman–Crippen LogP) is 0.399. The number of hydrazine groups is 1. The molecule has 0 bridgehead atoms. The number of nitrogens with two attached hydrogens (primary N) is 1. The Hall–Kier alpha value is -1.27. The number of thiophene rings is 1. The summed E-state index contributed by atoms with van der Waals surface area (Å²) in [6.07, 6.45) is 0.543. The minimum absolute atomic E-state index is 0.0109. The minimum atomic E-state index is -3.86. The van der Waals surface area contributed by atoms with E-state index in [2.05, 4.69) is 10.1 Å². The van der Waals surface area contributed by atoms with Crippen LogP contribution in [0.1, 0.15) is 13.3 Å². The van der Waals surface area contributed by atoms with E-state index in [0.717, 1.165) is 6.07 Å². The summed E-state index contributed by atoms with van der Waals surface area (Å²) >= 11 is 0.708. The van der Waals surface area contributed by atoms with E-state index in [9.17, 15) is 18.5 Å². The average Bonchev–Trinajstić information content (AvgIpc) is 2.94. The lowest BCUT2D eigenvalue weighted by atomic mass is 10.0. The molecule has 112 valence electrons. The van der Waals surface area contributed by atoms with E-state index in [4.69, 9.17) is 10.6 Å². The third-order valence-corrected chi connectivity index (χ3v) is 6.05. The molecule has 2 heterocycles. The standard InChI is InChI=1S/C9H14N4O5S2/c1-9(2-3-18-5-9)12-20(16,17)7-4-6(13(14)15)8(11-10)19-7/h4,11-12H,2-3,5,10H2,1H3. The van der Waals surface area contributed by atoms with Gasteiger partial charge in [0.1, 0.15) is 4.21 Å². The fraction of sp³-hybridized carbons (Fsp3) is 0.556. The lowest BCUT2D eigenvalue weighted by Crippen LogP contribution is -2.46. The second-order valence-corrected chi connectivity index (χ2v) is 7.61. The van der Waals surface area contributed by atoms with Crippen molar-refractivity contribution < 1.29 is 18.1 Å². The summed E-state index contributed by atoms with van der Waals surface area (Å²) in [7, 11) is -3.86. The molecule has 1 unspecified atom stereocenters. The second-order valence-electron chi connectivity index (χ2n) is 4.65. The van der Waals surface area contributed by atoms with Crippen molar-refractivity contribution in [3.05, 3.63) is 16.2 Å². The molecule has 1 aromatic rings. The van der Waals surface area contributed by atoms with E-state index in [1.807, 2.05) is 0 Å². The van der Waals surface area contributed by atoms with Crippen LogP contribution in [0.5, 0.6) is 0 Å². The first-order chi connectivity index (χ1) is 9.27. The SMILES string of the molecule is CC1(NS(=O)(=O)c2cc([N+](=O)[O-])c(NN)s2)CCOC1. The lowest BCUT2D eigenvalue weighted by molar-refractivity contribution is -0.383. The molecule has 0 aliphatic carbocycles. The van der Waals surface area contributed by atoms with Crippen molar-refractivity contribution in [2.75, 3.05) is 18.6 Å². The van der Waals surface area contributed by atoms with Gasteiger partial charge >= 0.3 is 5.69 Å². The first-order valence-electron chi connectivity index (χ1n) is 5.64. The molecule has 0 radical (unpaired) electrons. The zero-order valence-electron chi connectivity index (χ0n) is 10.6. The molecule has 0 aromatic carbocycles. The van der Waals surface area contributed by atoms with Crippen molar-refractivity contribution >= 4 is 32.0 Å². The van der Waals surface area contributed by atoms with Crippen molar-refractivity contribution in [2.24, 2.45) is 5.84 Å². The molecule has 20 heavy (non-hydrogen) atoms. The molecule has 1 atom stereocenters. The maximum absolute atomic E-state index is 12.2. The maximum Gasteiger partial charge on any atom is 0.306 e. The average molecular weight is 322 g/mol. The Morgan fingerprint density at radius 1 is 1.60 bits per heavy atom. The predicted molar refractivity (Wildman–Crippen MR) is 72.9 cm³/mol. The second kappa shape index (κ2) is 5.26. The van der Waals surface area contributed by atoms with Crippen LogP contribution in [0.3, 0.4) is 0 Å². The third-order valence-electron chi connectivity index (χ3n) is 2.88. The summed E-state index contributed by atoms with van der Waals surface area (Å²) in [4.78, 5) is 10.1. The molecule has 1 aliphatic heterocycles. The van der Waals surface area contributed by atoms with Crippen molar-refractivity contribution in [3.63, 3.8) is 0 Å². The van der Waals surface area contributed by atoms with Crippen molar-refractivity contribution in [1.82, 2.24) is 4.72 Å². The lowest BCUT2D eigenvalue weighted by Gasteiger charge is -2.22. The Balaban J connectivity index is 2.32. The minimum Gasteiger partial charge on any atom is -0.379 e. The van der Waals surface area contributed by atoms with Gasteiger partial charge in [-0.3, -0.25) is 10.1 Å². The van der Waals surface area contributed by atoms with Gasteiger partial charge in [0.15, 0.2) is 5.00 Å². The maximum atomic E-state index is 12.2. The van der Waals surface area contributed by atoms with Crippen LogP contribution in [0.4, 0.5) is 10.7 Å². The van der Waals surface area contributed by atoms with E-state index >= 15 is 0 Å². The van der Waals surface area contributed by atoms with E-state index in [0.29, 0.717) is 24.4 Å².